The highest BCUT2D eigenvalue weighted by molar-refractivity contribution is 7.98. The minimum Gasteiger partial charge on any atom is -0.374 e. The zero-order chi connectivity index (χ0) is 39.9. The topological polar surface area (TPSA) is 116 Å². The van der Waals surface area contributed by atoms with Crippen molar-refractivity contribution in [2.75, 3.05) is 19.8 Å². The molecule has 10 nitrogen and oxygen atoms in total. The Hall–Kier alpha value is -4.00. The van der Waals surface area contributed by atoms with Gasteiger partial charge in [-0.2, -0.15) is 0 Å². The fourth-order valence-electron chi connectivity index (χ4n) is 6.87. The summed E-state index contributed by atoms with van der Waals surface area (Å²) in [4.78, 5) is -1.94. The van der Waals surface area contributed by atoms with Crippen molar-refractivity contribution < 1.29 is 45.7 Å². The number of hydrogen-bond donors (Lipinski definition) is 0. The minimum atomic E-state index is -4.53. The van der Waals surface area contributed by atoms with Gasteiger partial charge in [-0.05, 0) is 48.2 Å². The van der Waals surface area contributed by atoms with Gasteiger partial charge in [0.15, 0.2) is 14.8 Å². The highest BCUT2D eigenvalue weighted by atomic mass is 32.2. The molecule has 0 saturated carbocycles. The molecule has 57 heavy (non-hydrogen) atoms. The molecule has 0 amide bonds. The van der Waals surface area contributed by atoms with E-state index in [1.807, 2.05) is 121 Å². The van der Waals surface area contributed by atoms with Crippen LogP contribution in [0.5, 0.6) is 0 Å². The normalized spacial score (nSPS) is 20.6. The van der Waals surface area contributed by atoms with Crippen LogP contribution in [0.25, 0.3) is 0 Å². The van der Waals surface area contributed by atoms with Crippen LogP contribution in [-0.4, -0.2) is 63.7 Å². The summed E-state index contributed by atoms with van der Waals surface area (Å²) in [7, 11) is -9.06. The smallest absolute Gasteiger partial charge is 0.351 e. The third kappa shape index (κ3) is 11.4. The SMILES string of the molecule is CCOP(=O)(OCC)C([C@@H]1O[C@H](COCc2ccccc2)[C@@H](OCc2ccccc2)[C@H](OCc2ccccc2)[C@H]1OCc1ccccc1)S(=O)(=O)c1ccccc1. The first-order valence-electron chi connectivity index (χ1n) is 19.2. The monoisotopic (exact) mass is 814 g/mol. The van der Waals surface area contributed by atoms with Gasteiger partial charge >= 0.3 is 7.60 Å². The molecule has 5 aromatic rings. The summed E-state index contributed by atoms with van der Waals surface area (Å²) in [5.41, 5.74) is 3.56. The van der Waals surface area contributed by atoms with Gasteiger partial charge in [-0.1, -0.05) is 140 Å². The molecule has 6 atom stereocenters. The van der Waals surface area contributed by atoms with Gasteiger partial charge in [0.05, 0.1) is 51.1 Å². The first kappa shape index (κ1) is 42.6. The van der Waals surface area contributed by atoms with Crippen LogP contribution >= 0.6 is 7.60 Å². The van der Waals surface area contributed by atoms with Gasteiger partial charge < -0.3 is 32.7 Å². The van der Waals surface area contributed by atoms with E-state index in [0.717, 1.165) is 22.3 Å². The van der Waals surface area contributed by atoms with Gasteiger partial charge in [0.25, 0.3) is 0 Å². The predicted octanol–water partition coefficient (Wildman–Crippen LogP) is 8.79. The molecule has 5 aromatic carbocycles. The van der Waals surface area contributed by atoms with E-state index in [9.17, 15) is 0 Å². The number of sulfone groups is 1. The first-order valence-corrected chi connectivity index (χ1v) is 22.4. The molecule has 1 unspecified atom stereocenters. The van der Waals surface area contributed by atoms with Crippen molar-refractivity contribution in [3.05, 3.63) is 174 Å². The molecule has 0 aromatic heterocycles. The summed E-state index contributed by atoms with van der Waals surface area (Å²) in [6.07, 6.45) is -5.36. The minimum absolute atomic E-state index is 0.0207. The van der Waals surface area contributed by atoms with Crippen LogP contribution in [0.3, 0.4) is 0 Å². The van der Waals surface area contributed by atoms with Gasteiger partial charge in [-0.15, -0.1) is 0 Å². The van der Waals surface area contributed by atoms with Crippen molar-refractivity contribution >= 4 is 17.4 Å². The van der Waals surface area contributed by atoms with Crippen LogP contribution in [-0.2, 0) is 73.6 Å². The van der Waals surface area contributed by atoms with E-state index in [1.165, 1.54) is 12.1 Å². The Kier molecular flexibility index (Phi) is 15.8. The van der Waals surface area contributed by atoms with Crippen LogP contribution in [0, 0.1) is 0 Å². The lowest BCUT2D eigenvalue weighted by Crippen LogP contribution is -2.64. The second kappa shape index (κ2) is 21.1. The van der Waals surface area contributed by atoms with Crippen LogP contribution in [0.2, 0.25) is 0 Å². The highest BCUT2D eigenvalue weighted by Gasteiger charge is 2.60. The summed E-state index contributed by atoms with van der Waals surface area (Å²) in [5, 5.41) is 0. The van der Waals surface area contributed by atoms with Gasteiger partial charge in [-0.25, -0.2) is 8.42 Å². The van der Waals surface area contributed by atoms with E-state index in [2.05, 4.69) is 0 Å². The Morgan fingerprint density at radius 2 is 0.930 bits per heavy atom. The third-order valence-corrected chi connectivity index (χ3v) is 15.1. The van der Waals surface area contributed by atoms with Crippen LogP contribution < -0.4 is 0 Å². The van der Waals surface area contributed by atoms with Crippen molar-refractivity contribution in [1.82, 2.24) is 0 Å². The molecule has 0 N–H and O–H groups in total. The molecule has 6 rings (SSSR count). The van der Waals surface area contributed by atoms with Crippen molar-refractivity contribution in [2.45, 2.75) is 80.7 Å². The fourth-order valence-corrected chi connectivity index (χ4v) is 12.0. The van der Waals surface area contributed by atoms with Crippen molar-refractivity contribution in [1.29, 1.82) is 0 Å². The molecule has 1 aliphatic heterocycles. The van der Waals surface area contributed by atoms with E-state index in [1.54, 1.807) is 32.0 Å². The van der Waals surface area contributed by atoms with E-state index in [4.69, 9.17) is 32.7 Å². The van der Waals surface area contributed by atoms with Gasteiger partial charge in [0.2, 0.25) is 0 Å². The molecule has 1 fully saturated rings. The highest BCUT2D eigenvalue weighted by Crippen LogP contribution is 2.59. The number of benzene rings is 5. The number of rotatable bonds is 21. The maximum atomic E-state index is 15.2. The zero-order valence-electron chi connectivity index (χ0n) is 32.3. The summed E-state index contributed by atoms with van der Waals surface area (Å²) in [5.74, 6) is 0. The molecule has 0 spiro atoms. The maximum Gasteiger partial charge on any atom is 0.351 e. The van der Waals surface area contributed by atoms with Crippen LogP contribution in [0.4, 0.5) is 0 Å². The van der Waals surface area contributed by atoms with Crippen LogP contribution in [0.1, 0.15) is 36.1 Å². The lowest BCUT2D eigenvalue weighted by molar-refractivity contribution is -0.270. The molecule has 1 aliphatic rings. The van der Waals surface area contributed by atoms with E-state index < -0.39 is 52.9 Å². The van der Waals surface area contributed by atoms with Crippen molar-refractivity contribution in [3.63, 3.8) is 0 Å². The first-order chi connectivity index (χ1) is 27.8. The Bertz CT molecular complexity index is 2050. The molecular weight excluding hydrogens is 764 g/mol. The summed E-state index contributed by atoms with van der Waals surface area (Å²) >= 11 is 0. The predicted molar refractivity (Wildman–Crippen MR) is 218 cm³/mol. The molecular formula is C45H51O10PS. The average molecular weight is 815 g/mol. The molecule has 1 heterocycles. The Labute approximate surface area is 336 Å². The van der Waals surface area contributed by atoms with Gasteiger partial charge in [0, 0.05) is 0 Å². The molecule has 302 valence electrons. The Morgan fingerprint density at radius 1 is 0.544 bits per heavy atom. The van der Waals surface area contributed by atoms with E-state index in [-0.39, 0.29) is 51.1 Å². The van der Waals surface area contributed by atoms with Crippen molar-refractivity contribution in [2.24, 2.45) is 0 Å². The Morgan fingerprint density at radius 3 is 1.37 bits per heavy atom. The molecule has 12 heteroatoms. The number of hydrogen-bond acceptors (Lipinski definition) is 10. The molecule has 0 radical (unpaired) electrons. The zero-order valence-corrected chi connectivity index (χ0v) is 34.0. The lowest BCUT2D eigenvalue weighted by atomic mass is 9.94. The summed E-state index contributed by atoms with van der Waals surface area (Å²) in [6, 6.07) is 46.4. The Balaban J connectivity index is 1.50. The second-order valence-electron chi connectivity index (χ2n) is 13.5. The quantitative estimate of drug-likeness (QED) is 0.0666. The number of ether oxygens (including phenoxy) is 5. The van der Waals surface area contributed by atoms with Gasteiger partial charge in [-0.3, -0.25) is 4.57 Å². The maximum absolute atomic E-state index is 15.2. The second-order valence-corrected chi connectivity index (χ2v) is 18.1. The molecule has 1 saturated heterocycles. The van der Waals surface area contributed by atoms with E-state index >= 15 is 13.0 Å². The van der Waals surface area contributed by atoms with E-state index in [0.29, 0.717) is 0 Å². The molecule has 0 bridgehead atoms. The summed E-state index contributed by atoms with van der Waals surface area (Å²) < 4.78 is 90.7. The van der Waals surface area contributed by atoms with Crippen LogP contribution in [0.15, 0.2) is 157 Å². The van der Waals surface area contributed by atoms with Crippen molar-refractivity contribution in [3.8, 4) is 0 Å². The molecule has 0 aliphatic carbocycles. The largest absolute Gasteiger partial charge is 0.374 e. The average Bonchev–Trinajstić information content (AvgIpc) is 3.24. The summed E-state index contributed by atoms with van der Waals surface area (Å²) in [6.45, 7) is 3.73. The third-order valence-electron chi connectivity index (χ3n) is 9.52. The van der Waals surface area contributed by atoms with Gasteiger partial charge in [0.1, 0.15) is 30.5 Å². The fraction of sp³-hybridized carbons (Fsp3) is 0.333. The lowest BCUT2D eigenvalue weighted by Gasteiger charge is -2.48. The standard InChI is InChI=1S/C45H51O10PS/c1-3-53-56(46,54-4-2)45(57(47,48)39-28-18-9-19-29-39)44-43(52-33-38-26-16-8-17-27-38)42(51-32-37-24-14-7-15-25-37)41(50-31-36-22-12-6-13-23-36)40(55-44)34-49-30-35-20-10-5-11-21-35/h5-29,40-45H,3-4,30-34H2,1-2H3/t40-,41-,42+,43-,44-,45?/m1/s1.